The van der Waals surface area contributed by atoms with E-state index in [9.17, 15) is 4.79 Å². The topological polar surface area (TPSA) is 69.0 Å². The molecule has 1 aliphatic carbocycles. The molecule has 2 atom stereocenters. The van der Waals surface area contributed by atoms with Crippen LogP contribution in [0.3, 0.4) is 0 Å². The number of thiophene rings is 1. The van der Waals surface area contributed by atoms with Crippen molar-refractivity contribution < 1.29 is 9.53 Å². The molecule has 1 amide bonds. The van der Waals surface area contributed by atoms with Gasteiger partial charge in [-0.25, -0.2) is 0 Å². The van der Waals surface area contributed by atoms with Crippen LogP contribution in [0.15, 0.2) is 22.7 Å². The number of carbonyl (C=O) groups excluding carboxylic acids is 1. The fourth-order valence-electron chi connectivity index (χ4n) is 2.97. The average molecular weight is 379 g/mol. The average Bonchev–Trinajstić information content (AvgIpc) is 3.05. The van der Waals surface area contributed by atoms with Crippen molar-refractivity contribution in [3.63, 3.8) is 0 Å². The number of hydrogen-bond donors (Lipinski definition) is 1. The molecule has 8 heteroatoms. The lowest BCUT2D eigenvalue weighted by Crippen LogP contribution is -2.36. The number of carbonyl (C=O) groups is 1. The van der Waals surface area contributed by atoms with Gasteiger partial charge in [-0.3, -0.25) is 9.36 Å². The van der Waals surface area contributed by atoms with Crippen LogP contribution in [0.1, 0.15) is 38.6 Å². The lowest BCUT2D eigenvalue weighted by atomic mass is 10.2. The first-order chi connectivity index (χ1) is 12.2. The summed E-state index contributed by atoms with van der Waals surface area (Å²) >= 11 is 3.16. The molecular formula is C17H22N4O2S2. The first-order valence-corrected chi connectivity index (χ1v) is 10.5. The van der Waals surface area contributed by atoms with Crippen molar-refractivity contribution in [2.45, 2.75) is 55.2 Å². The minimum absolute atomic E-state index is 0.0310. The van der Waals surface area contributed by atoms with E-state index in [0.29, 0.717) is 12.6 Å². The fourth-order valence-corrected chi connectivity index (χ4v) is 4.62. The van der Waals surface area contributed by atoms with E-state index in [4.69, 9.17) is 4.74 Å². The van der Waals surface area contributed by atoms with E-state index in [1.807, 2.05) is 13.0 Å². The van der Waals surface area contributed by atoms with Crippen LogP contribution in [0.4, 0.5) is 0 Å². The maximum atomic E-state index is 12.4. The van der Waals surface area contributed by atoms with E-state index in [1.165, 1.54) is 11.8 Å². The second-order valence-corrected chi connectivity index (χ2v) is 8.78. The molecule has 134 valence electrons. The number of aromatic nitrogens is 3. The van der Waals surface area contributed by atoms with Crippen LogP contribution in [0.25, 0.3) is 10.7 Å². The van der Waals surface area contributed by atoms with Crippen LogP contribution in [0.2, 0.25) is 0 Å². The molecule has 2 aromatic heterocycles. The van der Waals surface area contributed by atoms with Crippen LogP contribution in [0.5, 0.6) is 0 Å². The number of nitrogens with one attached hydrogen (secondary N) is 1. The maximum Gasteiger partial charge on any atom is 0.233 e. The van der Waals surface area contributed by atoms with E-state index in [2.05, 4.69) is 31.5 Å². The number of rotatable bonds is 7. The fraction of sp³-hybridized carbons (Fsp3) is 0.588. The molecule has 0 unspecified atom stereocenters. The standard InChI is InChI=1S/C17H22N4O2S2/c1-11(16(22)18-10-13-4-2-8-23-13)25-17-20-19-15(14-5-3-9-24-14)21(17)12-6-7-12/h3,5,9,11-13H,2,4,6-8,10H2,1H3,(H,18,22)/t11-,13+/m0/s1. The third kappa shape index (κ3) is 3.91. The molecule has 2 aliphatic rings. The number of nitrogens with zero attached hydrogens (tertiary/aromatic N) is 3. The molecular weight excluding hydrogens is 356 g/mol. The van der Waals surface area contributed by atoms with E-state index < -0.39 is 0 Å². The Morgan fingerprint density at radius 2 is 2.36 bits per heavy atom. The summed E-state index contributed by atoms with van der Waals surface area (Å²) < 4.78 is 7.77. The Morgan fingerprint density at radius 1 is 1.48 bits per heavy atom. The summed E-state index contributed by atoms with van der Waals surface area (Å²) in [7, 11) is 0. The van der Waals surface area contributed by atoms with Gasteiger partial charge >= 0.3 is 0 Å². The lowest BCUT2D eigenvalue weighted by molar-refractivity contribution is -0.120. The second kappa shape index (κ2) is 7.47. The van der Waals surface area contributed by atoms with Gasteiger partial charge in [-0.15, -0.1) is 21.5 Å². The molecule has 4 rings (SSSR count). The summed E-state index contributed by atoms with van der Waals surface area (Å²) in [6.07, 6.45) is 4.59. The van der Waals surface area contributed by atoms with Gasteiger partial charge in [-0.05, 0) is 44.1 Å². The van der Waals surface area contributed by atoms with Crippen molar-refractivity contribution >= 4 is 29.0 Å². The largest absolute Gasteiger partial charge is 0.376 e. The summed E-state index contributed by atoms with van der Waals surface area (Å²) in [5.74, 6) is 0.954. The van der Waals surface area contributed by atoms with Gasteiger partial charge in [0.15, 0.2) is 11.0 Å². The molecule has 1 saturated heterocycles. The normalized spacial score (nSPS) is 21.4. The molecule has 1 saturated carbocycles. The second-order valence-electron chi connectivity index (χ2n) is 6.52. The summed E-state index contributed by atoms with van der Waals surface area (Å²) in [5.41, 5.74) is 0. The first kappa shape index (κ1) is 17.1. The molecule has 0 aromatic carbocycles. The van der Waals surface area contributed by atoms with Crippen LogP contribution >= 0.6 is 23.1 Å². The van der Waals surface area contributed by atoms with E-state index >= 15 is 0 Å². The minimum atomic E-state index is -0.209. The Morgan fingerprint density at radius 3 is 3.04 bits per heavy atom. The van der Waals surface area contributed by atoms with Crippen LogP contribution in [0, 0.1) is 0 Å². The number of hydrogen-bond acceptors (Lipinski definition) is 6. The van der Waals surface area contributed by atoms with Crippen molar-refractivity contribution in [2.75, 3.05) is 13.2 Å². The molecule has 0 radical (unpaired) electrons. The smallest absolute Gasteiger partial charge is 0.233 e. The van der Waals surface area contributed by atoms with Crippen LogP contribution in [-0.4, -0.2) is 45.2 Å². The van der Waals surface area contributed by atoms with Gasteiger partial charge in [0.1, 0.15) is 0 Å². The molecule has 1 N–H and O–H groups in total. The Labute approximate surface area is 155 Å². The Bertz CT molecular complexity index is 721. The molecule has 0 spiro atoms. The van der Waals surface area contributed by atoms with Crippen LogP contribution in [-0.2, 0) is 9.53 Å². The van der Waals surface area contributed by atoms with Gasteiger partial charge in [0.05, 0.1) is 16.2 Å². The van der Waals surface area contributed by atoms with Gasteiger partial charge in [0.2, 0.25) is 5.91 Å². The zero-order valence-electron chi connectivity index (χ0n) is 14.2. The molecule has 1 aliphatic heterocycles. The van der Waals surface area contributed by atoms with Crippen molar-refractivity contribution in [3.05, 3.63) is 17.5 Å². The van der Waals surface area contributed by atoms with Crippen molar-refractivity contribution in [3.8, 4) is 10.7 Å². The molecule has 2 aromatic rings. The predicted octanol–water partition coefficient (Wildman–Crippen LogP) is 3.12. The summed E-state index contributed by atoms with van der Waals surface area (Å²) in [6, 6.07) is 4.57. The van der Waals surface area contributed by atoms with Crippen LogP contribution < -0.4 is 5.32 Å². The quantitative estimate of drug-likeness (QED) is 0.750. The first-order valence-electron chi connectivity index (χ1n) is 8.77. The summed E-state index contributed by atoms with van der Waals surface area (Å²) in [5, 5.41) is 14.4. The zero-order valence-corrected chi connectivity index (χ0v) is 15.8. The molecule has 6 nitrogen and oxygen atoms in total. The highest BCUT2D eigenvalue weighted by atomic mass is 32.2. The van der Waals surface area contributed by atoms with Crippen molar-refractivity contribution in [1.29, 1.82) is 0 Å². The van der Waals surface area contributed by atoms with Gasteiger partial charge in [-0.2, -0.15) is 0 Å². The molecule has 3 heterocycles. The Kier molecular flexibility index (Phi) is 5.10. The number of thioether (sulfide) groups is 1. The Hall–Kier alpha value is -1.38. The maximum absolute atomic E-state index is 12.4. The predicted molar refractivity (Wildman–Crippen MR) is 98.9 cm³/mol. The van der Waals surface area contributed by atoms with Crippen molar-refractivity contribution in [2.24, 2.45) is 0 Å². The van der Waals surface area contributed by atoms with E-state index in [1.54, 1.807) is 11.3 Å². The zero-order chi connectivity index (χ0) is 17.2. The highest BCUT2D eigenvalue weighted by molar-refractivity contribution is 8.00. The molecule has 0 bridgehead atoms. The van der Waals surface area contributed by atoms with E-state index in [-0.39, 0.29) is 17.3 Å². The third-order valence-electron chi connectivity index (χ3n) is 4.50. The molecule has 25 heavy (non-hydrogen) atoms. The van der Waals surface area contributed by atoms with Crippen molar-refractivity contribution in [1.82, 2.24) is 20.1 Å². The number of amides is 1. The highest BCUT2D eigenvalue weighted by Gasteiger charge is 2.31. The monoisotopic (exact) mass is 378 g/mol. The van der Waals surface area contributed by atoms with E-state index in [0.717, 1.165) is 48.1 Å². The summed E-state index contributed by atoms with van der Waals surface area (Å²) in [6.45, 7) is 3.33. The Balaban J connectivity index is 1.42. The molecule has 2 fully saturated rings. The SMILES string of the molecule is C[C@H](Sc1nnc(-c2cccs2)n1C1CC1)C(=O)NC[C@H]1CCCO1. The van der Waals surface area contributed by atoms with Gasteiger partial charge in [-0.1, -0.05) is 17.8 Å². The lowest BCUT2D eigenvalue weighted by Gasteiger charge is -2.15. The van der Waals surface area contributed by atoms with Gasteiger partial charge in [0, 0.05) is 19.2 Å². The van der Waals surface area contributed by atoms with Gasteiger partial charge < -0.3 is 10.1 Å². The minimum Gasteiger partial charge on any atom is -0.376 e. The summed E-state index contributed by atoms with van der Waals surface area (Å²) in [4.78, 5) is 13.5. The number of ether oxygens (including phenoxy) is 1. The van der Waals surface area contributed by atoms with Gasteiger partial charge in [0.25, 0.3) is 0 Å². The third-order valence-corrected chi connectivity index (χ3v) is 6.42. The highest BCUT2D eigenvalue weighted by Crippen LogP contribution is 2.42.